The molecule has 1 fully saturated rings. The van der Waals surface area contributed by atoms with Gasteiger partial charge in [0, 0.05) is 11.1 Å². The molecule has 0 unspecified atom stereocenters. The van der Waals surface area contributed by atoms with Crippen LogP contribution in [-0.2, 0) is 0 Å². The zero-order chi connectivity index (χ0) is 9.26. The molecular weight excluding hydrogens is 224 g/mol. The number of halogens is 3. The molecule has 1 saturated heterocycles. The molecule has 1 N–H and O–H groups in total. The lowest BCUT2D eigenvalue weighted by Crippen LogP contribution is -2.13. The van der Waals surface area contributed by atoms with Gasteiger partial charge in [-0.05, 0) is 37.1 Å². The molecule has 1 aliphatic heterocycles. The Morgan fingerprint density at radius 2 is 2.21 bits per heavy atom. The van der Waals surface area contributed by atoms with Crippen molar-refractivity contribution in [2.75, 3.05) is 6.54 Å². The van der Waals surface area contributed by atoms with Crippen molar-refractivity contribution < 1.29 is 4.39 Å². The molecule has 1 atom stereocenters. The maximum Gasteiger partial charge on any atom is 0.124 e. The van der Waals surface area contributed by atoms with Gasteiger partial charge in [-0.25, -0.2) is 4.39 Å². The second kappa shape index (κ2) is 4.96. The van der Waals surface area contributed by atoms with E-state index >= 15 is 0 Å². The topological polar surface area (TPSA) is 12.0 Å². The van der Waals surface area contributed by atoms with Crippen LogP contribution in [0, 0.1) is 5.82 Å². The highest BCUT2D eigenvalue weighted by molar-refractivity contribution is 6.31. The van der Waals surface area contributed by atoms with Crippen molar-refractivity contribution in [2.45, 2.75) is 18.9 Å². The van der Waals surface area contributed by atoms with E-state index in [4.69, 9.17) is 11.6 Å². The van der Waals surface area contributed by atoms with Gasteiger partial charge in [-0.3, -0.25) is 0 Å². The minimum Gasteiger partial charge on any atom is -0.310 e. The van der Waals surface area contributed by atoms with Crippen LogP contribution in [0.1, 0.15) is 24.4 Å². The predicted octanol–water partition coefficient (Wildman–Crippen LogP) is 3.33. The molecule has 1 aromatic carbocycles. The summed E-state index contributed by atoms with van der Waals surface area (Å²) in [7, 11) is 0. The van der Waals surface area contributed by atoms with Crippen LogP contribution in [0.5, 0.6) is 0 Å². The van der Waals surface area contributed by atoms with Crippen molar-refractivity contribution in [3.05, 3.63) is 34.6 Å². The molecule has 0 bridgehead atoms. The van der Waals surface area contributed by atoms with Gasteiger partial charge in [-0.1, -0.05) is 17.7 Å². The van der Waals surface area contributed by atoms with Crippen LogP contribution in [0.15, 0.2) is 18.2 Å². The second-order valence-electron chi connectivity index (χ2n) is 3.31. The first-order valence-corrected chi connectivity index (χ1v) is 4.83. The highest BCUT2D eigenvalue weighted by Gasteiger charge is 2.18. The third-order valence-corrected chi connectivity index (χ3v) is 2.73. The Morgan fingerprint density at radius 3 is 2.79 bits per heavy atom. The third kappa shape index (κ3) is 2.38. The number of hydrogen-bond donors (Lipinski definition) is 1. The minimum absolute atomic E-state index is 0. The third-order valence-electron chi connectivity index (χ3n) is 2.40. The molecule has 2 rings (SSSR count). The van der Waals surface area contributed by atoms with Gasteiger partial charge < -0.3 is 5.32 Å². The highest BCUT2D eigenvalue weighted by atomic mass is 35.5. The molecule has 14 heavy (non-hydrogen) atoms. The summed E-state index contributed by atoms with van der Waals surface area (Å²) in [5.41, 5.74) is 1.01. The van der Waals surface area contributed by atoms with Gasteiger partial charge in [0.15, 0.2) is 0 Å². The maximum atomic E-state index is 12.7. The summed E-state index contributed by atoms with van der Waals surface area (Å²) >= 11 is 5.93. The molecular formula is C10H12Cl2FN. The van der Waals surface area contributed by atoms with E-state index in [9.17, 15) is 4.39 Å². The first-order chi connectivity index (χ1) is 6.27. The van der Waals surface area contributed by atoms with Crippen molar-refractivity contribution in [2.24, 2.45) is 0 Å². The van der Waals surface area contributed by atoms with E-state index < -0.39 is 0 Å². The van der Waals surface area contributed by atoms with Crippen molar-refractivity contribution in [3.63, 3.8) is 0 Å². The lowest BCUT2D eigenvalue weighted by Gasteiger charge is -2.11. The first kappa shape index (κ1) is 11.8. The monoisotopic (exact) mass is 235 g/mol. The van der Waals surface area contributed by atoms with E-state index in [1.165, 1.54) is 18.6 Å². The van der Waals surface area contributed by atoms with Crippen LogP contribution in [0.2, 0.25) is 5.02 Å². The van der Waals surface area contributed by atoms with Crippen molar-refractivity contribution in [1.82, 2.24) is 5.32 Å². The number of hydrogen-bond acceptors (Lipinski definition) is 1. The van der Waals surface area contributed by atoms with Gasteiger partial charge >= 0.3 is 0 Å². The van der Waals surface area contributed by atoms with Crippen LogP contribution in [-0.4, -0.2) is 6.54 Å². The Bertz CT molecular complexity index is 311. The van der Waals surface area contributed by atoms with E-state index in [0.29, 0.717) is 11.1 Å². The Labute approximate surface area is 94.1 Å². The fourth-order valence-electron chi connectivity index (χ4n) is 1.73. The van der Waals surface area contributed by atoms with Gasteiger partial charge in [0.2, 0.25) is 0 Å². The first-order valence-electron chi connectivity index (χ1n) is 4.46. The molecule has 1 nitrogen and oxygen atoms in total. The van der Waals surface area contributed by atoms with Gasteiger partial charge in [0.05, 0.1) is 0 Å². The van der Waals surface area contributed by atoms with E-state index in [-0.39, 0.29) is 18.2 Å². The summed E-state index contributed by atoms with van der Waals surface area (Å²) in [6, 6.07) is 4.91. The normalized spacial score (nSPS) is 20.6. The lowest BCUT2D eigenvalue weighted by molar-refractivity contribution is 0.617. The molecule has 1 aromatic rings. The zero-order valence-electron chi connectivity index (χ0n) is 7.59. The van der Waals surface area contributed by atoms with Crippen molar-refractivity contribution in [3.8, 4) is 0 Å². The van der Waals surface area contributed by atoms with Gasteiger partial charge in [-0.2, -0.15) is 0 Å². The molecule has 0 saturated carbocycles. The van der Waals surface area contributed by atoms with Gasteiger partial charge in [-0.15, -0.1) is 12.4 Å². The van der Waals surface area contributed by atoms with Crippen LogP contribution in [0.4, 0.5) is 4.39 Å². The Kier molecular flexibility index (Phi) is 4.17. The van der Waals surface area contributed by atoms with E-state index in [0.717, 1.165) is 18.5 Å². The molecule has 1 aliphatic rings. The molecule has 0 aliphatic carbocycles. The Hall–Kier alpha value is -0.310. The summed E-state index contributed by atoms with van der Waals surface area (Å²) < 4.78 is 12.7. The SMILES string of the molecule is Cl.Fc1ccc([C@@H]2CCCN2)c(Cl)c1. The lowest BCUT2D eigenvalue weighted by atomic mass is 10.1. The standard InChI is InChI=1S/C10H11ClFN.ClH/c11-9-6-7(12)3-4-8(9)10-2-1-5-13-10;/h3-4,6,10,13H,1-2,5H2;1H/t10-;/m0./s1. The molecule has 1 heterocycles. The molecule has 4 heteroatoms. The molecule has 0 aromatic heterocycles. The largest absolute Gasteiger partial charge is 0.310 e. The molecule has 78 valence electrons. The van der Waals surface area contributed by atoms with Crippen LogP contribution >= 0.6 is 24.0 Å². The number of benzene rings is 1. The molecule has 0 spiro atoms. The Balaban J connectivity index is 0.000000980. The fraction of sp³-hybridized carbons (Fsp3) is 0.400. The van der Waals surface area contributed by atoms with E-state index in [1.807, 2.05) is 0 Å². The maximum absolute atomic E-state index is 12.7. The predicted molar refractivity (Wildman–Crippen MR) is 58.6 cm³/mol. The van der Waals surface area contributed by atoms with E-state index in [1.54, 1.807) is 6.07 Å². The number of rotatable bonds is 1. The quantitative estimate of drug-likeness (QED) is 0.788. The highest BCUT2D eigenvalue weighted by Crippen LogP contribution is 2.29. The van der Waals surface area contributed by atoms with E-state index in [2.05, 4.69) is 5.32 Å². The smallest absolute Gasteiger partial charge is 0.124 e. The summed E-state index contributed by atoms with van der Waals surface area (Å²) in [5, 5.41) is 3.85. The van der Waals surface area contributed by atoms with Crippen LogP contribution in [0.3, 0.4) is 0 Å². The minimum atomic E-state index is -0.272. The zero-order valence-corrected chi connectivity index (χ0v) is 9.17. The molecule has 0 radical (unpaired) electrons. The average Bonchev–Trinajstić information content (AvgIpc) is 2.56. The fourth-order valence-corrected chi connectivity index (χ4v) is 2.03. The Morgan fingerprint density at radius 1 is 1.43 bits per heavy atom. The summed E-state index contributed by atoms with van der Waals surface area (Å²) in [6.07, 6.45) is 2.25. The van der Waals surface area contributed by atoms with Crippen LogP contribution < -0.4 is 5.32 Å². The second-order valence-corrected chi connectivity index (χ2v) is 3.72. The average molecular weight is 236 g/mol. The molecule has 0 amide bonds. The van der Waals surface area contributed by atoms with Crippen LogP contribution in [0.25, 0.3) is 0 Å². The van der Waals surface area contributed by atoms with Crippen molar-refractivity contribution in [1.29, 1.82) is 0 Å². The van der Waals surface area contributed by atoms with Gasteiger partial charge in [0.1, 0.15) is 5.82 Å². The van der Waals surface area contributed by atoms with Crippen molar-refractivity contribution >= 4 is 24.0 Å². The number of nitrogens with one attached hydrogen (secondary N) is 1. The summed E-state index contributed by atoms with van der Waals surface area (Å²) in [6.45, 7) is 1.03. The summed E-state index contributed by atoms with van der Waals surface area (Å²) in [5.74, 6) is -0.272. The summed E-state index contributed by atoms with van der Waals surface area (Å²) in [4.78, 5) is 0. The van der Waals surface area contributed by atoms with Gasteiger partial charge in [0.25, 0.3) is 0 Å².